The Labute approximate surface area is 135 Å². The summed E-state index contributed by atoms with van der Waals surface area (Å²) in [5.74, 6) is 0.501. The fourth-order valence-corrected chi connectivity index (χ4v) is 2.61. The normalized spacial score (nSPS) is 13.9. The molecule has 0 spiro atoms. The highest BCUT2D eigenvalue weighted by molar-refractivity contribution is 5.77. The van der Waals surface area contributed by atoms with Crippen LogP contribution in [0.4, 0.5) is 17.2 Å². The van der Waals surface area contributed by atoms with Crippen molar-refractivity contribution in [3.05, 3.63) is 47.7 Å². The molecule has 2 aromatic rings. The van der Waals surface area contributed by atoms with Crippen LogP contribution >= 0.6 is 0 Å². The van der Waals surface area contributed by atoms with Crippen LogP contribution in [0.15, 0.2) is 36.5 Å². The standard InChI is InChI=1S/C17H16N6/c18-11-13-3-4-16(23-8-6-20-7-9-23)15(10-13)22-17-14(12-19)2-1-5-21-17/h1-5,10,20H,6-9H2,(H,21,22). The zero-order chi connectivity index (χ0) is 16.1. The number of piperazine rings is 1. The second kappa shape index (κ2) is 6.78. The molecule has 23 heavy (non-hydrogen) atoms. The predicted molar refractivity (Wildman–Crippen MR) is 88.5 cm³/mol. The van der Waals surface area contributed by atoms with Crippen LogP contribution in [0.25, 0.3) is 0 Å². The Balaban J connectivity index is 1.99. The van der Waals surface area contributed by atoms with E-state index < -0.39 is 0 Å². The van der Waals surface area contributed by atoms with Crippen molar-refractivity contribution in [3.8, 4) is 12.1 Å². The minimum Gasteiger partial charge on any atom is -0.367 e. The molecule has 114 valence electrons. The first-order chi connectivity index (χ1) is 11.3. The van der Waals surface area contributed by atoms with Crippen molar-refractivity contribution in [2.45, 2.75) is 0 Å². The monoisotopic (exact) mass is 304 g/mol. The third kappa shape index (κ3) is 3.23. The van der Waals surface area contributed by atoms with Crippen LogP contribution in [-0.2, 0) is 0 Å². The Morgan fingerprint density at radius 1 is 1.13 bits per heavy atom. The van der Waals surface area contributed by atoms with Gasteiger partial charge in [0.25, 0.3) is 0 Å². The van der Waals surface area contributed by atoms with Gasteiger partial charge in [-0.2, -0.15) is 10.5 Å². The fraction of sp³-hybridized carbons (Fsp3) is 0.235. The maximum atomic E-state index is 9.21. The average molecular weight is 304 g/mol. The molecule has 1 aromatic carbocycles. The molecule has 0 saturated carbocycles. The summed E-state index contributed by atoms with van der Waals surface area (Å²) in [4.78, 5) is 6.50. The van der Waals surface area contributed by atoms with Gasteiger partial charge in [-0.3, -0.25) is 0 Å². The Bertz CT molecular complexity index is 780. The number of pyridine rings is 1. The summed E-state index contributed by atoms with van der Waals surface area (Å²) in [7, 11) is 0. The van der Waals surface area contributed by atoms with E-state index in [1.807, 2.05) is 12.1 Å². The summed E-state index contributed by atoms with van der Waals surface area (Å²) >= 11 is 0. The van der Waals surface area contributed by atoms with Gasteiger partial charge in [0.1, 0.15) is 11.9 Å². The molecular weight excluding hydrogens is 288 g/mol. The highest BCUT2D eigenvalue weighted by Crippen LogP contribution is 2.30. The molecule has 1 saturated heterocycles. The quantitative estimate of drug-likeness (QED) is 0.901. The van der Waals surface area contributed by atoms with Gasteiger partial charge in [-0.05, 0) is 30.3 Å². The van der Waals surface area contributed by atoms with Crippen molar-refractivity contribution >= 4 is 17.2 Å². The van der Waals surface area contributed by atoms with Gasteiger partial charge in [0, 0.05) is 32.4 Å². The molecule has 0 amide bonds. The van der Waals surface area contributed by atoms with Gasteiger partial charge >= 0.3 is 0 Å². The third-order valence-electron chi connectivity index (χ3n) is 3.76. The highest BCUT2D eigenvalue weighted by atomic mass is 15.2. The molecule has 0 atom stereocenters. The molecule has 6 heteroatoms. The van der Waals surface area contributed by atoms with Crippen LogP contribution in [0.5, 0.6) is 0 Å². The zero-order valence-electron chi connectivity index (χ0n) is 12.6. The summed E-state index contributed by atoms with van der Waals surface area (Å²) in [5.41, 5.74) is 2.85. The fourth-order valence-electron chi connectivity index (χ4n) is 2.61. The molecule has 0 unspecified atom stereocenters. The van der Waals surface area contributed by atoms with Crippen molar-refractivity contribution in [2.75, 3.05) is 36.4 Å². The van der Waals surface area contributed by atoms with Crippen molar-refractivity contribution in [3.63, 3.8) is 0 Å². The van der Waals surface area contributed by atoms with E-state index in [0.717, 1.165) is 37.6 Å². The van der Waals surface area contributed by atoms with Gasteiger partial charge in [0.15, 0.2) is 0 Å². The van der Waals surface area contributed by atoms with Crippen molar-refractivity contribution in [1.29, 1.82) is 10.5 Å². The van der Waals surface area contributed by atoms with Gasteiger partial charge in [-0.25, -0.2) is 4.98 Å². The van der Waals surface area contributed by atoms with E-state index in [1.165, 1.54) is 0 Å². The molecule has 2 heterocycles. The maximum absolute atomic E-state index is 9.21. The smallest absolute Gasteiger partial charge is 0.148 e. The van der Waals surface area contributed by atoms with Gasteiger partial charge in [-0.15, -0.1) is 0 Å². The molecule has 6 nitrogen and oxygen atoms in total. The molecule has 0 aliphatic carbocycles. The number of anilines is 3. The van der Waals surface area contributed by atoms with E-state index in [4.69, 9.17) is 5.26 Å². The van der Waals surface area contributed by atoms with E-state index in [1.54, 1.807) is 24.4 Å². The summed E-state index contributed by atoms with van der Waals surface area (Å²) in [6, 6.07) is 13.3. The van der Waals surface area contributed by atoms with E-state index in [2.05, 4.69) is 32.7 Å². The van der Waals surface area contributed by atoms with E-state index >= 15 is 0 Å². The van der Waals surface area contributed by atoms with E-state index in [9.17, 15) is 5.26 Å². The first-order valence-electron chi connectivity index (χ1n) is 7.44. The predicted octanol–water partition coefficient (Wildman–Crippen LogP) is 1.98. The second-order valence-electron chi connectivity index (χ2n) is 5.22. The van der Waals surface area contributed by atoms with E-state index in [-0.39, 0.29) is 0 Å². The second-order valence-corrected chi connectivity index (χ2v) is 5.22. The first kappa shape index (κ1) is 14.8. The minimum atomic E-state index is 0.473. The van der Waals surface area contributed by atoms with Crippen LogP contribution in [-0.4, -0.2) is 31.2 Å². The van der Waals surface area contributed by atoms with Crippen molar-refractivity contribution in [2.24, 2.45) is 0 Å². The van der Waals surface area contributed by atoms with Gasteiger partial charge in [0.2, 0.25) is 0 Å². The molecule has 3 rings (SSSR count). The number of rotatable bonds is 3. The van der Waals surface area contributed by atoms with E-state index in [0.29, 0.717) is 16.9 Å². The number of nitriles is 2. The molecule has 1 aliphatic rings. The molecule has 1 aliphatic heterocycles. The van der Waals surface area contributed by atoms with Crippen LogP contribution in [0.3, 0.4) is 0 Å². The number of nitrogens with zero attached hydrogens (tertiary/aromatic N) is 4. The molecule has 2 N–H and O–H groups in total. The molecule has 0 bridgehead atoms. The Morgan fingerprint density at radius 3 is 2.70 bits per heavy atom. The number of nitrogens with one attached hydrogen (secondary N) is 2. The van der Waals surface area contributed by atoms with Gasteiger partial charge in [0.05, 0.1) is 28.6 Å². The average Bonchev–Trinajstić information content (AvgIpc) is 2.63. The van der Waals surface area contributed by atoms with Crippen molar-refractivity contribution in [1.82, 2.24) is 10.3 Å². The Hall–Kier alpha value is -3.09. The number of benzene rings is 1. The lowest BCUT2D eigenvalue weighted by molar-refractivity contribution is 0.589. The Kier molecular flexibility index (Phi) is 4.37. The molecule has 0 radical (unpaired) electrons. The van der Waals surface area contributed by atoms with Gasteiger partial charge in [-0.1, -0.05) is 0 Å². The maximum Gasteiger partial charge on any atom is 0.148 e. The molecule has 1 aromatic heterocycles. The summed E-state index contributed by atoms with van der Waals surface area (Å²) in [5, 5.41) is 24.9. The largest absolute Gasteiger partial charge is 0.367 e. The third-order valence-corrected chi connectivity index (χ3v) is 3.76. The lowest BCUT2D eigenvalue weighted by Crippen LogP contribution is -2.43. The van der Waals surface area contributed by atoms with Crippen LogP contribution < -0.4 is 15.5 Å². The minimum absolute atomic E-state index is 0.473. The topological polar surface area (TPSA) is 87.8 Å². The number of aromatic nitrogens is 1. The van der Waals surface area contributed by atoms with Crippen LogP contribution in [0.2, 0.25) is 0 Å². The SMILES string of the molecule is N#Cc1ccc(N2CCNCC2)c(Nc2ncccc2C#N)c1. The molecule has 1 fully saturated rings. The van der Waals surface area contributed by atoms with Crippen molar-refractivity contribution < 1.29 is 0 Å². The first-order valence-corrected chi connectivity index (χ1v) is 7.44. The lowest BCUT2D eigenvalue weighted by atomic mass is 10.1. The van der Waals surface area contributed by atoms with Gasteiger partial charge < -0.3 is 15.5 Å². The lowest BCUT2D eigenvalue weighted by Gasteiger charge is -2.31. The zero-order valence-corrected chi connectivity index (χ0v) is 12.6. The molecular formula is C17H16N6. The number of hydrogen-bond acceptors (Lipinski definition) is 6. The Morgan fingerprint density at radius 2 is 1.96 bits per heavy atom. The summed E-state index contributed by atoms with van der Waals surface area (Å²) in [6.07, 6.45) is 1.64. The highest BCUT2D eigenvalue weighted by Gasteiger charge is 2.16. The summed E-state index contributed by atoms with van der Waals surface area (Å²) < 4.78 is 0. The number of hydrogen-bond donors (Lipinski definition) is 2. The summed E-state index contributed by atoms with van der Waals surface area (Å²) in [6.45, 7) is 3.64. The van der Waals surface area contributed by atoms with Crippen LogP contribution in [0.1, 0.15) is 11.1 Å². The van der Waals surface area contributed by atoms with Crippen LogP contribution in [0, 0.1) is 22.7 Å².